The molecule has 0 radical (unpaired) electrons. The van der Waals surface area contributed by atoms with Crippen molar-refractivity contribution in [2.45, 2.75) is 85.4 Å². The molecule has 1 aliphatic carbocycles. The molecule has 2 N–H and O–H groups in total. The maximum absolute atomic E-state index is 13.0. The molecule has 0 amide bonds. The zero-order valence-electron chi connectivity index (χ0n) is 17.1. The highest BCUT2D eigenvalue weighted by atomic mass is 16.4. The summed E-state index contributed by atoms with van der Waals surface area (Å²) in [4.78, 5) is 38.5. The number of carbonyl (C=O) groups excluding carboxylic acids is 3. The lowest BCUT2D eigenvalue weighted by molar-refractivity contribution is -0.158. The minimum Gasteiger partial charge on any atom is -0.390 e. The summed E-state index contributed by atoms with van der Waals surface area (Å²) in [5.74, 6) is -3.99. The van der Waals surface area contributed by atoms with Gasteiger partial charge in [-0.2, -0.15) is 0 Å². The van der Waals surface area contributed by atoms with Gasteiger partial charge in [0, 0.05) is 5.92 Å². The number of aliphatic hydroxyl groups is 2. The maximum Gasteiger partial charge on any atom is 0.185 e. The predicted molar refractivity (Wildman–Crippen MR) is 101 cm³/mol. The van der Waals surface area contributed by atoms with Crippen LogP contribution in [0, 0.1) is 29.6 Å². The number of hydrogen-bond donors (Lipinski definition) is 2. The van der Waals surface area contributed by atoms with Crippen LogP contribution >= 0.6 is 0 Å². The van der Waals surface area contributed by atoms with Gasteiger partial charge in [0.05, 0.1) is 12.0 Å². The van der Waals surface area contributed by atoms with Gasteiger partial charge >= 0.3 is 0 Å². The van der Waals surface area contributed by atoms with Gasteiger partial charge in [0.1, 0.15) is 5.92 Å². The number of aliphatic hydroxyl groups excluding tert-OH is 1. The molecule has 0 aromatic heterocycles. The van der Waals surface area contributed by atoms with E-state index < -0.39 is 46.8 Å². The molecule has 5 nitrogen and oxygen atoms in total. The fourth-order valence-electron chi connectivity index (χ4n) is 3.68. The number of Topliss-reactive ketones (excluding diaryl/α,β-unsaturated/α-hetero) is 3. The van der Waals surface area contributed by atoms with Crippen molar-refractivity contribution in [3.05, 3.63) is 0 Å². The Morgan fingerprint density at radius 2 is 1.58 bits per heavy atom. The van der Waals surface area contributed by atoms with Gasteiger partial charge in [-0.15, -0.1) is 0 Å². The van der Waals surface area contributed by atoms with Gasteiger partial charge in [0.2, 0.25) is 0 Å². The summed E-state index contributed by atoms with van der Waals surface area (Å²) in [7, 11) is 0. The molecule has 1 fully saturated rings. The van der Waals surface area contributed by atoms with Gasteiger partial charge < -0.3 is 10.2 Å². The van der Waals surface area contributed by atoms with E-state index in [1.165, 1.54) is 0 Å². The Kier molecular flexibility index (Phi) is 8.15. The highest BCUT2D eigenvalue weighted by Gasteiger charge is 2.64. The molecule has 0 aromatic rings. The van der Waals surface area contributed by atoms with Gasteiger partial charge in [-0.1, -0.05) is 48.0 Å². The first kappa shape index (κ1) is 23.0. The van der Waals surface area contributed by atoms with Crippen LogP contribution in [0.2, 0.25) is 0 Å². The van der Waals surface area contributed by atoms with Crippen molar-refractivity contribution in [3.8, 4) is 0 Å². The third kappa shape index (κ3) is 4.61. The Bertz CT molecular complexity index is 524. The molecule has 0 bridgehead atoms. The molecule has 1 aliphatic rings. The summed E-state index contributed by atoms with van der Waals surface area (Å²) in [5, 5.41) is 21.8. The largest absolute Gasteiger partial charge is 0.390 e. The van der Waals surface area contributed by atoms with Crippen molar-refractivity contribution in [2.75, 3.05) is 0 Å². The van der Waals surface area contributed by atoms with Crippen molar-refractivity contribution in [1.29, 1.82) is 0 Å². The van der Waals surface area contributed by atoms with Gasteiger partial charge in [-0.25, -0.2) is 0 Å². The smallest absolute Gasteiger partial charge is 0.185 e. The Morgan fingerprint density at radius 3 is 2.04 bits per heavy atom. The standard InChI is InChI=1S/C21H36O5/c1-7-14(6)18(23)17-19(24)15(10-8-12(2)3)21(26,20(17)25)16(22)11-9-13(4)5/h12-17,22,26H,7-11H2,1-6H3/t14?,15-,16?,17?,21+/m0/s1. The van der Waals surface area contributed by atoms with Crippen LogP contribution in [0.25, 0.3) is 0 Å². The normalized spacial score (nSPS) is 28.8. The first-order valence-corrected chi connectivity index (χ1v) is 10.0. The molecule has 1 rings (SSSR count). The fourth-order valence-corrected chi connectivity index (χ4v) is 3.68. The Balaban J connectivity index is 3.21. The van der Waals surface area contributed by atoms with Crippen molar-refractivity contribution in [2.24, 2.45) is 29.6 Å². The molecule has 26 heavy (non-hydrogen) atoms. The van der Waals surface area contributed by atoms with Crippen molar-refractivity contribution in [3.63, 3.8) is 0 Å². The second-order valence-corrected chi connectivity index (χ2v) is 8.75. The van der Waals surface area contributed by atoms with Crippen LogP contribution in [-0.2, 0) is 14.4 Å². The van der Waals surface area contributed by atoms with Crippen LogP contribution in [0.3, 0.4) is 0 Å². The van der Waals surface area contributed by atoms with E-state index in [4.69, 9.17) is 0 Å². The second kappa shape index (κ2) is 9.23. The fraction of sp³-hybridized carbons (Fsp3) is 0.857. The lowest BCUT2D eigenvalue weighted by Gasteiger charge is -2.33. The Hall–Kier alpha value is -1.07. The van der Waals surface area contributed by atoms with Crippen molar-refractivity contribution < 1.29 is 24.6 Å². The van der Waals surface area contributed by atoms with E-state index in [9.17, 15) is 24.6 Å². The third-order valence-corrected chi connectivity index (χ3v) is 5.76. The summed E-state index contributed by atoms with van der Waals surface area (Å²) in [6.07, 6.45) is 1.02. The first-order chi connectivity index (χ1) is 12.0. The number of hydrogen-bond acceptors (Lipinski definition) is 5. The molecule has 3 unspecified atom stereocenters. The summed E-state index contributed by atoms with van der Waals surface area (Å²) < 4.78 is 0. The van der Waals surface area contributed by atoms with Gasteiger partial charge in [0.15, 0.2) is 23.0 Å². The molecule has 0 aromatic carbocycles. The lowest BCUT2D eigenvalue weighted by atomic mass is 9.78. The molecular weight excluding hydrogens is 332 g/mol. The van der Waals surface area contributed by atoms with Crippen LogP contribution in [0.5, 0.6) is 0 Å². The van der Waals surface area contributed by atoms with Gasteiger partial charge in [-0.3, -0.25) is 14.4 Å². The topological polar surface area (TPSA) is 91.7 Å². The first-order valence-electron chi connectivity index (χ1n) is 10.0. The van der Waals surface area contributed by atoms with Crippen LogP contribution in [0.4, 0.5) is 0 Å². The molecular formula is C21H36O5. The molecule has 1 saturated carbocycles. The molecule has 0 saturated heterocycles. The van der Waals surface area contributed by atoms with Gasteiger partial charge in [0.25, 0.3) is 0 Å². The third-order valence-electron chi connectivity index (χ3n) is 5.76. The molecule has 150 valence electrons. The highest BCUT2D eigenvalue weighted by Crippen LogP contribution is 2.42. The van der Waals surface area contributed by atoms with E-state index in [1.54, 1.807) is 6.92 Å². The van der Waals surface area contributed by atoms with Crippen LogP contribution < -0.4 is 0 Å². The minimum absolute atomic E-state index is 0.232. The SMILES string of the molecule is CCC(C)C(=O)C1C(=O)[C@H](CCC(C)C)[C@@](O)(C(O)CCC(C)C)C1=O. The summed E-state index contributed by atoms with van der Waals surface area (Å²) >= 11 is 0. The minimum atomic E-state index is -2.14. The second-order valence-electron chi connectivity index (χ2n) is 8.75. The highest BCUT2D eigenvalue weighted by molar-refractivity contribution is 6.27. The quantitative estimate of drug-likeness (QED) is 0.579. The zero-order chi connectivity index (χ0) is 20.2. The average Bonchev–Trinajstić information content (AvgIpc) is 2.76. The van der Waals surface area contributed by atoms with Crippen LogP contribution in [0.1, 0.15) is 73.6 Å². The van der Waals surface area contributed by atoms with E-state index in [1.807, 2.05) is 34.6 Å². The van der Waals surface area contributed by atoms with Crippen LogP contribution in [0.15, 0.2) is 0 Å². The number of ketones is 3. The van der Waals surface area contributed by atoms with E-state index >= 15 is 0 Å². The lowest BCUT2D eigenvalue weighted by Crippen LogP contribution is -2.53. The summed E-state index contributed by atoms with van der Waals surface area (Å²) in [5.41, 5.74) is -2.14. The molecule has 5 atom stereocenters. The zero-order valence-corrected chi connectivity index (χ0v) is 17.1. The van der Waals surface area contributed by atoms with E-state index in [0.717, 1.165) is 0 Å². The van der Waals surface area contributed by atoms with Crippen LogP contribution in [-0.4, -0.2) is 39.3 Å². The summed E-state index contributed by atoms with van der Waals surface area (Å²) in [6, 6.07) is 0. The number of rotatable bonds is 10. The summed E-state index contributed by atoms with van der Waals surface area (Å²) in [6.45, 7) is 11.5. The predicted octanol–water partition coefficient (Wildman–Crippen LogP) is 2.95. The van der Waals surface area contributed by atoms with E-state index in [2.05, 4.69) is 0 Å². The molecule has 0 aliphatic heterocycles. The average molecular weight is 369 g/mol. The monoisotopic (exact) mass is 368 g/mol. The molecule has 0 heterocycles. The van der Waals surface area contributed by atoms with Gasteiger partial charge in [-0.05, 0) is 37.5 Å². The van der Waals surface area contributed by atoms with E-state index in [0.29, 0.717) is 37.5 Å². The Morgan fingerprint density at radius 1 is 1.04 bits per heavy atom. The Labute approximate surface area is 157 Å². The number of carbonyl (C=O) groups is 3. The van der Waals surface area contributed by atoms with E-state index in [-0.39, 0.29) is 6.42 Å². The maximum atomic E-state index is 13.0. The van der Waals surface area contributed by atoms with Crippen molar-refractivity contribution >= 4 is 17.3 Å². The molecule has 5 heteroatoms. The molecule has 0 spiro atoms. The van der Waals surface area contributed by atoms with Crippen molar-refractivity contribution in [1.82, 2.24) is 0 Å².